The average Bonchev–Trinajstić information content (AvgIpc) is 3.46. The summed E-state index contributed by atoms with van der Waals surface area (Å²) in [4.78, 5) is 15.4. The molecule has 3 atom stereocenters. The van der Waals surface area contributed by atoms with Crippen LogP contribution in [0, 0.1) is 0 Å². The van der Waals surface area contributed by atoms with Gasteiger partial charge in [0.2, 0.25) is 6.79 Å². The molecule has 1 aromatic carbocycles. The van der Waals surface area contributed by atoms with Crippen molar-refractivity contribution >= 4 is 18.1 Å². The van der Waals surface area contributed by atoms with Gasteiger partial charge in [0.05, 0.1) is 17.7 Å². The molecule has 0 spiro atoms. The summed E-state index contributed by atoms with van der Waals surface area (Å²) in [5.74, 6) is 2.22. The fraction of sp³-hybridized carbons (Fsp3) is 0.500. The van der Waals surface area contributed by atoms with Gasteiger partial charge in [0.15, 0.2) is 11.5 Å². The fourth-order valence-corrected chi connectivity index (χ4v) is 4.58. The molecular weight excluding hydrogens is 414 g/mol. The molecule has 2 aromatic rings. The number of morpholine rings is 1. The first-order valence-corrected chi connectivity index (χ1v) is 10.2. The number of carbonyl (C=O) groups is 1. The second-order valence-corrected chi connectivity index (χ2v) is 7.82. The highest BCUT2D eigenvalue weighted by Gasteiger charge is 2.38. The summed E-state index contributed by atoms with van der Waals surface area (Å²) in [5.41, 5.74) is 0.852. The molecule has 0 radical (unpaired) electrons. The second kappa shape index (κ2) is 9.22. The number of aliphatic hydroxyl groups is 1. The van der Waals surface area contributed by atoms with Gasteiger partial charge in [0.1, 0.15) is 5.82 Å². The lowest BCUT2D eigenvalue weighted by molar-refractivity contribution is -0.122. The van der Waals surface area contributed by atoms with E-state index in [2.05, 4.69) is 14.5 Å². The van der Waals surface area contributed by atoms with Crippen LogP contribution < -0.4 is 9.47 Å². The summed E-state index contributed by atoms with van der Waals surface area (Å²) < 4.78 is 19.0. The monoisotopic (exact) mass is 437 g/mol. The zero-order chi connectivity index (χ0) is 21.1. The Morgan fingerprint density at radius 1 is 1.23 bits per heavy atom. The van der Waals surface area contributed by atoms with Gasteiger partial charge in [0, 0.05) is 55.8 Å². The summed E-state index contributed by atoms with van der Waals surface area (Å²) >= 11 is 6.51. The van der Waals surface area contributed by atoms with Crippen molar-refractivity contribution in [3.8, 4) is 22.9 Å². The van der Waals surface area contributed by atoms with Gasteiger partial charge in [-0.2, -0.15) is 0 Å². The van der Waals surface area contributed by atoms with E-state index in [4.69, 9.17) is 35.7 Å². The Hall–Kier alpha value is -2.33. The van der Waals surface area contributed by atoms with Crippen molar-refractivity contribution < 1.29 is 29.2 Å². The van der Waals surface area contributed by atoms with Gasteiger partial charge < -0.3 is 29.0 Å². The fourth-order valence-electron chi connectivity index (χ4n) is 4.34. The molecular formula is C20H24ClN3O6. The molecule has 2 saturated heterocycles. The highest BCUT2D eigenvalue weighted by molar-refractivity contribution is 6.33. The van der Waals surface area contributed by atoms with E-state index in [1.54, 1.807) is 6.07 Å². The second-order valence-electron chi connectivity index (χ2n) is 7.41. The number of carboxylic acid groups (broad SMARTS) is 1. The van der Waals surface area contributed by atoms with Gasteiger partial charge >= 0.3 is 0 Å². The Bertz CT molecular complexity index is 891. The molecule has 0 unspecified atom stereocenters. The standard InChI is InChI=1S/C19H22ClN3O4.CH2O2/c20-16-7-18-17(26-11-27-18)6-15(16)19-21-2-3-23(19)12-5-13-10-25-14(1-4-24)9-22(13)8-12;2-1-3/h2-3,6-7,12-14,24H,1,4-5,8-11H2;1H,(H,2,3)/t12-,13+,14+;/m1./s1. The van der Waals surface area contributed by atoms with Crippen LogP contribution in [0.25, 0.3) is 11.4 Å². The largest absolute Gasteiger partial charge is 0.483 e. The van der Waals surface area contributed by atoms with Gasteiger partial charge in [-0.25, -0.2) is 4.98 Å². The number of ether oxygens (including phenoxy) is 3. The maximum absolute atomic E-state index is 9.17. The molecule has 0 aliphatic carbocycles. The third-order valence-electron chi connectivity index (χ3n) is 5.68. The van der Waals surface area contributed by atoms with Gasteiger partial charge in [-0.15, -0.1) is 0 Å². The Morgan fingerprint density at radius 3 is 2.77 bits per heavy atom. The van der Waals surface area contributed by atoms with Crippen LogP contribution in [0.4, 0.5) is 0 Å². The van der Waals surface area contributed by atoms with Crippen LogP contribution >= 0.6 is 11.6 Å². The summed E-state index contributed by atoms with van der Waals surface area (Å²) in [6, 6.07) is 4.42. The molecule has 0 amide bonds. The molecule has 3 aliphatic rings. The minimum atomic E-state index is -0.250. The number of rotatable bonds is 4. The van der Waals surface area contributed by atoms with Gasteiger partial charge in [-0.05, 0) is 18.9 Å². The lowest BCUT2D eigenvalue weighted by Gasteiger charge is -2.34. The Labute approximate surface area is 178 Å². The smallest absolute Gasteiger partial charge is 0.290 e. The molecule has 3 aliphatic heterocycles. The van der Waals surface area contributed by atoms with Crippen molar-refractivity contribution in [2.24, 2.45) is 0 Å². The number of hydrogen-bond donors (Lipinski definition) is 2. The van der Waals surface area contributed by atoms with Crippen LogP contribution in [0.1, 0.15) is 18.9 Å². The van der Waals surface area contributed by atoms with Crippen LogP contribution in [0.5, 0.6) is 11.5 Å². The third-order valence-corrected chi connectivity index (χ3v) is 6.00. The zero-order valence-corrected chi connectivity index (χ0v) is 17.1. The summed E-state index contributed by atoms with van der Waals surface area (Å²) in [6.07, 6.45) is 5.66. The van der Waals surface area contributed by atoms with E-state index < -0.39 is 0 Å². The van der Waals surface area contributed by atoms with Crippen molar-refractivity contribution in [1.82, 2.24) is 14.5 Å². The first kappa shape index (κ1) is 20.9. The van der Waals surface area contributed by atoms with Gasteiger partial charge in [-0.1, -0.05) is 11.6 Å². The zero-order valence-electron chi connectivity index (χ0n) is 16.3. The van der Waals surface area contributed by atoms with Crippen LogP contribution in [0.2, 0.25) is 5.02 Å². The number of imidazole rings is 1. The molecule has 0 saturated carbocycles. The first-order valence-electron chi connectivity index (χ1n) is 9.81. The molecule has 30 heavy (non-hydrogen) atoms. The van der Waals surface area contributed by atoms with Crippen LogP contribution in [0.3, 0.4) is 0 Å². The lowest BCUT2D eigenvalue weighted by Crippen LogP contribution is -2.46. The summed E-state index contributed by atoms with van der Waals surface area (Å²) in [5, 5.41) is 16.7. The van der Waals surface area contributed by atoms with Crippen molar-refractivity contribution in [1.29, 1.82) is 0 Å². The van der Waals surface area contributed by atoms with Crippen molar-refractivity contribution in [3.63, 3.8) is 0 Å². The SMILES string of the molecule is O=CO.OCC[C@H]1CN2C[C@H](n3ccnc3-c3cc4c(cc3Cl)OCO4)C[C@H]2CO1. The Kier molecular flexibility index (Phi) is 6.43. The van der Waals surface area contributed by atoms with E-state index in [1.165, 1.54) is 0 Å². The molecule has 162 valence electrons. The molecule has 2 N–H and O–H groups in total. The number of hydrogen-bond acceptors (Lipinski definition) is 7. The number of nitrogens with zero attached hydrogens (tertiary/aromatic N) is 3. The highest BCUT2D eigenvalue weighted by Crippen LogP contribution is 2.42. The predicted octanol–water partition coefficient (Wildman–Crippen LogP) is 2.03. The summed E-state index contributed by atoms with van der Waals surface area (Å²) in [7, 11) is 0. The van der Waals surface area contributed by atoms with Crippen LogP contribution in [0.15, 0.2) is 24.5 Å². The topological polar surface area (TPSA) is 106 Å². The maximum Gasteiger partial charge on any atom is 0.290 e. The number of aliphatic hydroxyl groups excluding tert-OH is 1. The maximum atomic E-state index is 9.17. The van der Waals surface area contributed by atoms with Crippen LogP contribution in [-0.4, -0.2) is 76.4 Å². The van der Waals surface area contributed by atoms with Crippen molar-refractivity contribution in [2.45, 2.75) is 31.0 Å². The van der Waals surface area contributed by atoms with Crippen molar-refractivity contribution in [3.05, 3.63) is 29.5 Å². The minimum absolute atomic E-state index is 0.121. The van der Waals surface area contributed by atoms with E-state index >= 15 is 0 Å². The number of aromatic nitrogens is 2. The normalized spacial score (nSPS) is 24.8. The molecule has 2 fully saturated rings. The number of halogens is 1. The van der Waals surface area contributed by atoms with E-state index in [0.29, 0.717) is 35.0 Å². The van der Waals surface area contributed by atoms with Gasteiger partial charge in [0.25, 0.3) is 6.47 Å². The third kappa shape index (κ3) is 4.11. The quantitative estimate of drug-likeness (QED) is 0.700. The van der Waals surface area contributed by atoms with E-state index in [0.717, 1.165) is 37.5 Å². The van der Waals surface area contributed by atoms with Gasteiger partial charge in [-0.3, -0.25) is 9.69 Å². The van der Waals surface area contributed by atoms with Crippen molar-refractivity contribution in [2.75, 3.05) is 33.1 Å². The summed E-state index contributed by atoms with van der Waals surface area (Å²) in [6.45, 7) is 2.67. The van der Waals surface area contributed by atoms with E-state index in [9.17, 15) is 5.11 Å². The van der Waals surface area contributed by atoms with E-state index in [-0.39, 0.29) is 26.0 Å². The molecule has 10 heteroatoms. The van der Waals surface area contributed by atoms with Crippen LogP contribution in [-0.2, 0) is 9.53 Å². The lowest BCUT2D eigenvalue weighted by atomic mass is 10.1. The molecule has 1 aromatic heterocycles. The molecule has 0 bridgehead atoms. The number of benzene rings is 1. The Morgan fingerprint density at radius 2 is 2.00 bits per heavy atom. The molecule has 4 heterocycles. The highest BCUT2D eigenvalue weighted by atomic mass is 35.5. The van der Waals surface area contributed by atoms with E-state index in [1.807, 2.05) is 18.5 Å². The average molecular weight is 438 g/mol. The first-order chi connectivity index (χ1) is 14.6. The number of fused-ring (bicyclic) bond motifs is 2. The predicted molar refractivity (Wildman–Crippen MR) is 108 cm³/mol. The Balaban J connectivity index is 0.000000687. The molecule has 9 nitrogen and oxygen atoms in total. The molecule has 5 rings (SSSR count). The minimum Gasteiger partial charge on any atom is -0.483 e.